The first-order chi connectivity index (χ1) is 2.81. The quantitative estimate of drug-likeness (QED) is 0.563. The minimum atomic E-state index is 0. The van der Waals surface area contributed by atoms with Crippen LogP contribution < -0.4 is 0 Å². The van der Waals surface area contributed by atoms with Crippen molar-refractivity contribution in [1.29, 1.82) is 0 Å². The summed E-state index contributed by atoms with van der Waals surface area (Å²) < 4.78 is 0. The molecule has 0 aliphatic carbocycles. The molecule has 0 fully saturated rings. The Kier molecular flexibility index (Phi) is 11.0. The van der Waals surface area contributed by atoms with E-state index >= 15 is 0 Å². The standard InChI is InChI=1S/C5H11N.Y/c1-4-6(3)5-2;/h5H,1,4H2,2-3H3;/q-2;. The van der Waals surface area contributed by atoms with Crippen molar-refractivity contribution < 1.29 is 32.7 Å². The molecule has 7 heavy (non-hydrogen) atoms. The van der Waals surface area contributed by atoms with Gasteiger partial charge in [0.1, 0.15) is 0 Å². The average Bonchev–Trinajstić information content (AvgIpc) is 1.65. The van der Waals surface area contributed by atoms with E-state index in [0.717, 1.165) is 6.54 Å². The van der Waals surface area contributed by atoms with E-state index in [0.29, 0.717) is 0 Å². The summed E-state index contributed by atoms with van der Waals surface area (Å²) in [6.07, 6.45) is 0. The zero-order valence-electron chi connectivity index (χ0n) is 5.02. The molecule has 0 aromatic heterocycles. The largest absolute Gasteiger partial charge is 0.485 e. The fourth-order valence-corrected chi connectivity index (χ4v) is 0.129. The van der Waals surface area contributed by atoms with E-state index in [1.54, 1.807) is 0 Å². The Morgan fingerprint density at radius 3 is 2.14 bits per heavy atom. The summed E-state index contributed by atoms with van der Waals surface area (Å²) in [5.74, 6) is 0. The van der Waals surface area contributed by atoms with E-state index in [4.69, 9.17) is 0 Å². The second-order valence-corrected chi connectivity index (χ2v) is 1.24. The Balaban J connectivity index is 0. The number of hydrogen-bond donors (Lipinski definition) is 0. The van der Waals surface area contributed by atoms with Gasteiger partial charge in [-0.25, -0.2) is 0 Å². The SMILES string of the molecule is [CH2-]CN(C)[CH-]C.[Y]. The summed E-state index contributed by atoms with van der Waals surface area (Å²) in [4.78, 5) is 2.01. The fourth-order valence-electron chi connectivity index (χ4n) is 0.129. The first kappa shape index (κ1) is 10.9. The van der Waals surface area contributed by atoms with Crippen LogP contribution >= 0.6 is 0 Å². The molecule has 0 N–H and O–H groups in total. The maximum absolute atomic E-state index is 3.65. The Bertz CT molecular complexity index is 27.3. The van der Waals surface area contributed by atoms with Gasteiger partial charge in [-0.05, 0) is 7.05 Å². The summed E-state index contributed by atoms with van der Waals surface area (Å²) in [6, 6.07) is 0. The van der Waals surface area contributed by atoms with Gasteiger partial charge in [0.15, 0.2) is 0 Å². The molecule has 0 aliphatic heterocycles. The second-order valence-electron chi connectivity index (χ2n) is 1.24. The molecule has 0 heterocycles. The maximum Gasteiger partial charge on any atom is 0 e. The van der Waals surface area contributed by atoms with Crippen molar-refractivity contribution in [1.82, 2.24) is 4.90 Å². The molecule has 0 amide bonds. The number of nitrogens with zero attached hydrogens (tertiary/aromatic N) is 1. The minimum Gasteiger partial charge on any atom is -0.485 e. The molecule has 41 valence electrons. The first-order valence-corrected chi connectivity index (χ1v) is 2.10. The van der Waals surface area contributed by atoms with E-state index in [2.05, 4.69) is 6.92 Å². The molecule has 0 aliphatic rings. The van der Waals surface area contributed by atoms with E-state index in [9.17, 15) is 0 Å². The predicted octanol–water partition coefficient (Wildman–Crippen LogP) is 0.931. The molecule has 2 heteroatoms. The molecule has 0 aromatic carbocycles. The molecule has 1 radical (unpaired) electrons. The topological polar surface area (TPSA) is 3.24 Å². The normalized spacial score (nSPS) is 8.57. The molecule has 0 aromatic rings. The number of rotatable bonds is 2. The van der Waals surface area contributed by atoms with Gasteiger partial charge in [0, 0.05) is 32.7 Å². The van der Waals surface area contributed by atoms with Crippen molar-refractivity contribution >= 4 is 0 Å². The van der Waals surface area contributed by atoms with Gasteiger partial charge < -0.3 is 11.8 Å². The van der Waals surface area contributed by atoms with Gasteiger partial charge in [-0.2, -0.15) is 13.5 Å². The molecule has 1 nitrogen and oxygen atoms in total. The van der Waals surface area contributed by atoms with Crippen LogP contribution in [-0.2, 0) is 32.7 Å². The van der Waals surface area contributed by atoms with Gasteiger partial charge in [0.05, 0.1) is 0 Å². The minimum absolute atomic E-state index is 0. The Morgan fingerprint density at radius 1 is 1.71 bits per heavy atom. The van der Waals surface area contributed by atoms with E-state index in [-0.39, 0.29) is 32.7 Å². The second kappa shape index (κ2) is 7.06. The van der Waals surface area contributed by atoms with Crippen LogP contribution in [0, 0.1) is 13.5 Å². The Labute approximate surface area is 71.3 Å². The van der Waals surface area contributed by atoms with Crippen LogP contribution in [-0.4, -0.2) is 18.5 Å². The third kappa shape index (κ3) is 7.06. The molecule has 0 bridgehead atoms. The van der Waals surface area contributed by atoms with Crippen molar-refractivity contribution in [3.05, 3.63) is 13.5 Å². The molecule has 0 saturated carbocycles. The van der Waals surface area contributed by atoms with Gasteiger partial charge >= 0.3 is 0 Å². The third-order valence-electron chi connectivity index (χ3n) is 0.793. The van der Waals surface area contributed by atoms with Crippen molar-refractivity contribution in [2.75, 3.05) is 13.6 Å². The summed E-state index contributed by atoms with van der Waals surface area (Å²) >= 11 is 0. The van der Waals surface area contributed by atoms with Crippen LogP contribution in [0.1, 0.15) is 6.92 Å². The predicted molar refractivity (Wildman–Crippen MR) is 28.0 cm³/mol. The van der Waals surface area contributed by atoms with Gasteiger partial charge in [-0.3, -0.25) is 6.54 Å². The molecule has 0 unspecified atom stereocenters. The van der Waals surface area contributed by atoms with E-state index in [1.807, 2.05) is 25.4 Å². The molecular formula is C5H11NY-2. The zero-order chi connectivity index (χ0) is 4.99. The molecule has 0 spiro atoms. The van der Waals surface area contributed by atoms with Crippen LogP contribution in [0.3, 0.4) is 0 Å². The van der Waals surface area contributed by atoms with Crippen molar-refractivity contribution in [2.24, 2.45) is 0 Å². The average molecular weight is 174 g/mol. The summed E-state index contributed by atoms with van der Waals surface area (Å²) in [5.41, 5.74) is 0. The van der Waals surface area contributed by atoms with Gasteiger partial charge in [0.25, 0.3) is 0 Å². The van der Waals surface area contributed by atoms with Crippen LogP contribution in [0.5, 0.6) is 0 Å². The summed E-state index contributed by atoms with van der Waals surface area (Å²) in [7, 11) is 1.99. The van der Waals surface area contributed by atoms with Crippen LogP contribution in [0.2, 0.25) is 0 Å². The van der Waals surface area contributed by atoms with Crippen LogP contribution in [0.4, 0.5) is 0 Å². The molecular weight excluding hydrogens is 163 g/mol. The van der Waals surface area contributed by atoms with Crippen LogP contribution in [0.15, 0.2) is 0 Å². The van der Waals surface area contributed by atoms with E-state index < -0.39 is 0 Å². The smallest absolute Gasteiger partial charge is 0 e. The number of hydrogen-bond acceptors (Lipinski definition) is 1. The van der Waals surface area contributed by atoms with Crippen molar-refractivity contribution in [3.8, 4) is 0 Å². The maximum atomic E-state index is 3.65. The monoisotopic (exact) mass is 174 g/mol. The van der Waals surface area contributed by atoms with Gasteiger partial charge in [-0.1, -0.05) is 0 Å². The van der Waals surface area contributed by atoms with E-state index in [1.165, 1.54) is 0 Å². The Morgan fingerprint density at radius 2 is 2.14 bits per heavy atom. The third-order valence-corrected chi connectivity index (χ3v) is 0.793. The zero-order valence-corrected chi connectivity index (χ0v) is 7.85. The molecule has 0 rings (SSSR count). The van der Waals surface area contributed by atoms with Crippen molar-refractivity contribution in [2.45, 2.75) is 6.92 Å². The summed E-state index contributed by atoms with van der Waals surface area (Å²) in [5, 5.41) is 0. The Hall–Kier alpha value is 1.06. The van der Waals surface area contributed by atoms with Gasteiger partial charge in [-0.15, -0.1) is 0 Å². The first-order valence-electron chi connectivity index (χ1n) is 2.10. The fraction of sp³-hybridized carbons (Fsp3) is 0.600. The molecule has 0 atom stereocenters. The van der Waals surface area contributed by atoms with Crippen LogP contribution in [0.25, 0.3) is 0 Å². The summed E-state index contributed by atoms with van der Waals surface area (Å²) in [6.45, 7) is 8.49. The van der Waals surface area contributed by atoms with Crippen molar-refractivity contribution in [3.63, 3.8) is 0 Å². The van der Waals surface area contributed by atoms with Gasteiger partial charge in [0.2, 0.25) is 0 Å². The molecule has 0 saturated heterocycles.